The first-order valence-electron chi connectivity index (χ1n) is 10.3. The fraction of sp³-hybridized carbons (Fsp3) is 0.545. The second kappa shape index (κ2) is 7.81. The number of hydrogen-bond acceptors (Lipinski definition) is 4. The van der Waals surface area contributed by atoms with Gasteiger partial charge < -0.3 is 5.32 Å². The minimum Gasteiger partial charge on any atom is -0.307 e. The number of nitrogens with zero attached hydrogens (tertiary/aromatic N) is 2. The number of hydrogen-bond donors (Lipinski definition) is 2. The van der Waals surface area contributed by atoms with E-state index in [1.807, 2.05) is 26.8 Å². The molecule has 0 bridgehead atoms. The zero-order valence-electron chi connectivity index (χ0n) is 18.6. The van der Waals surface area contributed by atoms with Gasteiger partial charge in [-0.2, -0.15) is 5.10 Å². The van der Waals surface area contributed by atoms with Gasteiger partial charge in [-0.05, 0) is 57.7 Å². The summed E-state index contributed by atoms with van der Waals surface area (Å²) < 4.78 is 29.5. The summed E-state index contributed by atoms with van der Waals surface area (Å²) in [6, 6.07) is 7.98. The van der Waals surface area contributed by atoms with Gasteiger partial charge in [0, 0.05) is 23.6 Å². The van der Waals surface area contributed by atoms with Crippen molar-refractivity contribution in [3.63, 3.8) is 0 Å². The number of carbonyl (C=O) groups excluding carboxylic acids is 1. The Kier molecular flexibility index (Phi) is 5.86. The van der Waals surface area contributed by atoms with E-state index in [1.54, 1.807) is 16.8 Å². The molecule has 1 heterocycles. The molecule has 30 heavy (non-hydrogen) atoms. The van der Waals surface area contributed by atoms with E-state index in [0.29, 0.717) is 18.3 Å². The van der Waals surface area contributed by atoms with Crippen molar-refractivity contribution in [2.24, 2.45) is 5.92 Å². The number of aromatic nitrogens is 2. The molecule has 1 aliphatic carbocycles. The fourth-order valence-electron chi connectivity index (χ4n) is 2.97. The number of sulfonamides is 1. The first-order chi connectivity index (χ1) is 13.8. The summed E-state index contributed by atoms with van der Waals surface area (Å²) >= 11 is 0. The van der Waals surface area contributed by atoms with Crippen molar-refractivity contribution in [2.45, 2.75) is 70.2 Å². The van der Waals surface area contributed by atoms with Gasteiger partial charge in [-0.15, -0.1) is 0 Å². The highest BCUT2D eigenvalue weighted by atomic mass is 32.2. The van der Waals surface area contributed by atoms with Gasteiger partial charge in [0.15, 0.2) is 0 Å². The Morgan fingerprint density at radius 3 is 2.37 bits per heavy atom. The topological polar surface area (TPSA) is 93.1 Å². The SMILES string of the molecule is CC(C)(C)c1cc(NC(=O)c2cccc(S(=O)(=O)NCC3CC3)c2)n(C(C)(C)C)n1. The third-order valence-electron chi connectivity index (χ3n) is 5.02. The fourth-order valence-corrected chi connectivity index (χ4v) is 4.14. The lowest BCUT2D eigenvalue weighted by Gasteiger charge is -2.23. The number of nitrogens with one attached hydrogen (secondary N) is 2. The minimum absolute atomic E-state index is 0.0931. The van der Waals surface area contributed by atoms with Gasteiger partial charge in [-0.25, -0.2) is 17.8 Å². The first-order valence-corrected chi connectivity index (χ1v) is 11.8. The van der Waals surface area contributed by atoms with Gasteiger partial charge in [0.1, 0.15) is 5.82 Å². The van der Waals surface area contributed by atoms with Crippen LogP contribution in [0, 0.1) is 5.92 Å². The molecule has 7 nitrogen and oxygen atoms in total. The molecule has 3 rings (SSSR count). The lowest BCUT2D eigenvalue weighted by atomic mass is 9.92. The van der Waals surface area contributed by atoms with E-state index in [0.717, 1.165) is 18.5 Å². The Bertz CT molecular complexity index is 1040. The van der Waals surface area contributed by atoms with Crippen LogP contribution >= 0.6 is 0 Å². The van der Waals surface area contributed by atoms with Crippen molar-refractivity contribution in [2.75, 3.05) is 11.9 Å². The molecule has 1 aliphatic rings. The maximum atomic E-state index is 12.9. The van der Waals surface area contributed by atoms with Crippen LogP contribution in [0.15, 0.2) is 35.2 Å². The lowest BCUT2D eigenvalue weighted by molar-refractivity contribution is 0.102. The zero-order chi connectivity index (χ0) is 22.3. The molecule has 0 radical (unpaired) electrons. The third-order valence-corrected chi connectivity index (χ3v) is 6.44. The van der Waals surface area contributed by atoms with Crippen LogP contribution in [0.2, 0.25) is 0 Å². The average molecular weight is 433 g/mol. The van der Waals surface area contributed by atoms with Crippen LogP contribution < -0.4 is 10.0 Å². The molecule has 2 aromatic rings. The van der Waals surface area contributed by atoms with E-state index in [1.165, 1.54) is 12.1 Å². The molecular weight excluding hydrogens is 400 g/mol. The monoisotopic (exact) mass is 432 g/mol. The summed E-state index contributed by atoms with van der Waals surface area (Å²) in [5.74, 6) is 0.638. The molecule has 1 fully saturated rings. The second-order valence-electron chi connectivity index (χ2n) is 10.0. The summed E-state index contributed by atoms with van der Waals surface area (Å²) in [6.45, 7) is 12.7. The Morgan fingerprint density at radius 2 is 1.80 bits per heavy atom. The molecule has 0 aliphatic heterocycles. The van der Waals surface area contributed by atoms with Gasteiger partial charge in [0.05, 0.1) is 16.1 Å². The van der Waals surface area contributed by atoms with Crippen LogP contribution in [0.25, 0.3) is 0 Å². The van der Waals surface area contributed by atoms with Crippen LogP contribution in [0.5, 0.6) is 0 Å². The molecule has 0 atom stereocenters. The molecule has 1 amide bonds. The summed E-state index contributed by atoms with van der Waals surface area (Å²) in [6.07, 6.45) is 2.12. The molecule has 0 saturated heterocycles. The van der Waals surface area contributed by atoms with E-state index in [4.69, 9.17) is 5.10 Å². The molecule has 1 saturated carbocycles. The molecule has 0 unspecified atom stereocenters. The quantitative estimate of drug-likeness (QED) is 0.724. The maximum Gasteiger partial charge on any atom is 0.256 e. The molecule has 164 valence electrons. The molecular formula is C22H32N4O3S. The summed E-state index contributed by atoms with van der Waals surface area (Å²) in [7, 11) is -3.64. The van der Waals surface area contributed by atoms with Crippen molar-refractivity contribution >= 4 is 21.7 Å². The van der Waals surface area contributed by atoms with Crippen molar-refractivity contribution in [1.82, 2.24) is 14.5 Å². The average Bonchev–Trinajstić information content (AvgIpc) is 3.36. The van der Waals surface area contributed by atoms with Gasteiger partial charge in [0.25, 0.3) is 5.91 Å². The molecule has 0 spiro atoms. The van der Waals surface area contributed by atoms with Crippen LogP contribution in [0.4, 0.5) is 5.82 Å². The predicted molar refractivity (Wildman–Crippen MR) is 118 cm³/mol. The van der Waals surface area contributed by atoms with Crippen LogP contribution in [-0.2, 0) is 21.0 Å². The number of anilines is 1. The number of benzene rings is 1. The Morgan fingerprint density at radius 1 is 1.13 bits per heavy atom. The summed E-state index contributed by atoms with van der Waals surface area (Å²) in [4.78, 5) is 13.0. The van der Waals surface area contributed by atoms with Crippen LogP contribution in [0.3, 0.4) is 0 Å². The Hall–Kier alpha value is -2.19. The number of rotatable bonds is 6. The standard InChI is InChI=1S/C22H32N4O3S/c1-21(2,3)18-13-19(26(25-18)22(4,5)6)24-20(27)16-8-7-9-17(12-16)30(28,29)23-14-15-10-11-15/h7-9,12-13,15,23H,10-11,14H2,1-6H3,(H,24,27). The number of carbonyl (C=O) groups is 1. The number of amides is 1. The zero-order valence-corrected chi connectivity index (χ0v) is 19.4. The first kappa shape index (κ1) is 22.5. The largest absolute Gasteiger partial charge is 0.307 e. The highest BCUT2D eigenvalue weighted by Gasteiger charge is 2.27. The summed E-state index contributed by atoms with van der Waals surface area (Å²) in [5.41, 5.74) is 0.651. The van der Waals surface area contributed by atoms with E-state index < -0.39 is 10.0 Å². The van der Waals surface area contributed by atoms with Gasteiger partial charge in [-0.1, -0.05) is 26.8 Å². The van der Waals surface area contributed by atoms with Gasteiger partial charge in [0.2, 0.25) is 10.0 Å². The minimum atomic E-state index is -3.64. The van der Waals surface area contributed by atoms with E-state index in [2.05, 4.69) is 30.8 Å². The van der Waals surface area contributed by atoms with Crippen molar-refractivity contribution in [3.05, 3.63) is 41.6 Å². The van der Waals surface area contributed by atoms with Gasteiger partial charge >= 0.3 is 0 Å². The normalized spacial score (nSPS) is 15.3. The second-order valence-corrected chi connectivity index (χ2v) is 11.8. The van der Waals surface area contributed by atoms with E-state index in [-0.39, 0.29) is 27.3 Å². The van der Waals surface area contributed by atoms with Crippen molar-refractivity contribution in [3.8, 4) is 0 Å². The maximum absolute atomic E-state index is 12.9. The summed E-state index contributed by atoms with van der Waals surface area (Å²) in [5, 5.41) is 7.61. The predicted octanol–water partition coefficient (Wildman–Crippen LogP) is 3.88. The third kappa shape index (κ3) is 5.29. The lowest BCUT2D eigenvalue weighted by Crippen LogP contribution is -2.28. The van der Waals surface area contributed by atoms with Crippen molar-refractivity contribution < 1.29 is 13.2 Å². The molecule has 8 heteroatoms. The van der Waals surface area contributed by atoms with Gasteiger partial charge in [-0.3, -0.25) is 4.79 Å². The Labute approximate surface area is 179 Å². The highest BCUT2D eigenvalue weighted by Crippen LogP contribution is 2.29. The molecule has 2 N–H and O–H groups in total. The van der Waals surface area contributed by atoms with E-state index >= 15 is 0 Å². The Balaban J connectivity index is 1.85. The molecule has 1 aromatic carbocycles. The highest BCUT2D eigenvalue weighted by molar-refractivity contribution is 7.89. The van der Waals surface area contributed by atoms with Crippen LogP contribution in [-0.4, -0.2) is 30.7 Å². The van der Waals surface area contributed by atoms with Crippen LogP contribution in [0.1, 0.15) is 70.4 Å². The molecule has 1 aromatic heterocycles. The van der Waals surface area contributed by atoms with E-state index in [9.17, 15) is 13.2 Å². The smallest absolute Gasteiger partial charge is 0.256 e. The van der Waals surface area contributed by atoms with Crippen molar-refractivity contribution in [1.29, 1.82) is 0 Å².